The lowest BCUT2D eigenvalue weighted by atomic mass is 10.3. The molecule has 0 spiro atoms. The fraction of sp³-hybridized carbons (Fsp3) is 0.444. The number of halogens is 4. The summed E-state index contributed by atoms with van der Waals surface area (Å²) in [7, 11) is 0. The van der Waals surface area contributed by atoms with E-state index in [2.05, 4.69) is 25.1 Å². The van der Waals surface area contributed by atoms with Gasteiger partial charge in [-0.05, 0) is 0 Å². The van der Waals surface area contributed by atoms with Gasteiger partial charge in [-0.2, -0.15) is 18.9 Å². The van der Waals surface area contributed by atoms with Crippen molar-refractivity contribution in [3.05, 3.63) is 12.0 Å². The zero-order chi connectivity index (χ0) is 14.8. The van der Waals surface area contributed by atoms with Crippen LogP contribution in [0.2, 0.25) is 0 Å². The first-order valence-corrected chi connectivity index (χ1v) is 5.25. The third kappa shape index (κ3) is 3.04. The van der Waals surface area contributed by atoms with Crippen LogP contribution in [0.5, 0.6) is 0 Å². The average Bonchev–Trinajstić information content (AvgIpc) is 2.97. The van der Waals surface area contributed by atoms with Gasteiger partial charge in [-0.15, -0.1) is 0 Å². The number of nitrogens with zero attached hydrogens (tertiary/aromatic N) is 3. The molecule has 11 heteroatoms. The zero-order valence-corrected chi connectivity index (χ0v) is 9.82. The second-order valence-electron chi connectivity index (χ2n) is 3.77. The van der Waals surface area contributed by atoms with E-state index in [1.54, 1.807) is 0 Å². The van der Waals surface area contributed by atoms with Gasteiger partial charge >= 0.3 is 12.3 Å². The van der Waals surface area contributed by atoms with E-state index in [9.17, 15) is 17.6 Å². The third-order valence-electron chi connectivity index (χ3n) is 2.21. The number of hydrogen-bond donors (Lipinski definition) is 2. The monoisotopic (exact) mass is 295 g/mol. The van der Waals surface area contributed by atoms with Crippen LogP contribution in [0.4, 0.5) is 23.4 Å². The maximum absolute atomic E-state index is 12.6. The molecule has 2 aromatic rings. The molecule has 0 atom stereocenters. The molecule has 0 unspecified atom stereocenters. The summed E-state index contributed by atoms with van der Waals surface area (Å²) in [4.78, 5) is 3.80. The van der Waals surface area contributed by atoms with E-state index in [0.29, 0.717) is 5.56 Å². The number of nitrogens with two attached hydrogens (primary N) is 1. The Bertz CT molecular complexity index is 570. The van der Waals surface area contributed by atoms with Gasteiger partial charge in [0, 0.05) is 0 Å². The Morgan fingerprint density at radius 3 is 2.80 bits per heavy atom. The molecular formula is C9H9F4N5O2. The highest BCUT2D eigenvalue weighted by Crippen LogP contribution is 2.24. The Labute approximate surface area is 109 Å². The summed E-state index contributed by atoms with van der Waals surface area (Å²) in [6.07, 6.45) is -2.47. The highest BCUT2D eigenvalue weighted by molar-refractivity contribution is 5.65. The summed E-state index contributed by atoms with van der Waals surface area (Å²) in [5.41, 5.74) is 5.85. The molecule has 0 fully saturated rings. The predicted octanol–water partition coefficient (Wildman–Crippen LogP) is 1.46. The highest BCUT2D eigenvalue weighted by atomic mass is 19.3. The van der Waals surface area contributed by atoms with Crippen molar-refractivity contribution in [1.29, 1.82) is 0 Å². The van der Waals surface area contributed by atoms with Gasteiger partial charge in [0.1, 0.15) is 24.6 Å². The number of aromatic amines is 1. The maximum atomic E-state index is 12.6. The van der Waals surface area contributed by atoms with Crippen LogP contribution in [0.1, 0.15) is 5.82 Å². The molecule has 0 bridgehead atoms. The number of anilines is 1. The van der Waals surface area contributed by atoms with Crippen LogP contribution in [0, 0.1) is 0 Å². The minimum absolute atomic E-state index is 0.00969. The molecule has 3 N–H and O–H groups in total. The van der Waals surface area contributed by atoms with Gasteiger partial charge in [0.25, 0.3) is 5.89 Å². The van der Waals surface area contributed by atoms with Crippen LogP contribution < -0.4 is 5.73 Å². The first-order valence-electron chi connectivity index (χ1n) is 5.25. The minimum Gasteiger partial charge on any atom is -0.383 e. The second-order valence-corrected chi connectivity index (χ2v) is 3.77. The van der Waals surface area contributed by atoms with Crippen molar-refractivity contribution in [2.45, 2.75) is 19.0 Å². The standard InChI is InChI=1S/C9H9F4N5O2/c10-8(11)9(12,13)3-19-2-5-16-7(20-18-5)4-1-15-17-6(4)14/h1,8H,2-3H2,(H3,14,15,17). The summed E-state index contributed by atoms with van der Waals surface area (Å²) in [6, 6.07) is 0. The number of alkyl halides is 4. The smallest absolute Gasteiger partial charge is 0.330 e. The lowest BCUT2D eigenvalue weighted by molar-refractivity contribution is -0.168. The molecule has 2 heterocycles. The van der Waals surface area contributed by atoms with Crippen molar-refractivity contribution in [2.24, 2.45) is 0 Å². The number of ether oxygens (including phenoxy) is 1. The van der Waals surface area contributed by atoms with Gasteiger partial charge in [-0.3, -0.25) is 5.10 Å². The van der Waals surface area contributed by atoms with Gasteiger partial charge in [-0.1, -0.05) is 5.16 Å². The van der Waals surface area contributed by atoms with Crippen molar-refractivity contribution in [3.63, 3.8) is 0 Å². The van der Waals surface area contributed by atoms with Crippen LogP contribution in [0.25, 0.3) is 11.5 Å². The molecule has 0 aliphatic carbocycles. The Morgan fingerprint density at radius 2 is 2.20 bits per heavy atom. The van der Waals surface area contributed by atoms with E-state index in [-0.39, 0.29) is 17.5 Å². The van der Waals surface area contributed by atoms with Gasteiger partial charge in [-0.25, -0.2) is 8.78 Å². The number of rotatable bonds is 6. The average molecular weight is 295 g/mol. The van der Waals surface area contributed by atoms with Crippen molar-refractivity contribution in [1.82, 2.24) is 20.3 Å². The summed E-state index contributed by atoms with van der Waals surface area (Å²) in [5.74, 6) is -4.10. The predicted molar refractivity (Wildman–Crippen MR) is 56.9 cm³/mol. The molecule has 7 nitrogen and oxygen atoms in total. The van der Waals surface area contributed by atoms with Crippen LogP contribution in [-0.2, 0) is 11.3 Å². The van der Waals surface area contributed by atoms with E-state index in [1.165, 1.54) is 6.20 Å². The summed E-state index contributed by atoms with van der Waals surface area (Å²) >= 11 is 0. The largest absolute Gasteiger partial charge is 0.383 e. The number of nitrogen functional groups attached to an aromatic ring is 1. The van der Waals surface area contributed by atoms with E-state index >= 15 is 0 Å². The first-order chi connectivity index (χ1) is 9.40. The van der Waals surface area contributed by atoms with E-state index < -0.39 is 25.6 Å². The van der Waals surface area contributed by atoms with Gasteiger partial charge in [0.2, 0.25) is 0 Å². The van der Waals surface area contributed by atoms with Gasteiger partial charge < -0.3 is 15.0 Å². The lowest BCUT2D eigenvalue weighted by Crippen LogP contribution is -2.32. The first kappa shape index (κ1) is 14.2. The van der Waals surface area contributed by atoms with Gasteiger partial charge in [0.05, 0.1) is 6.20 Å². The SMILES string of the molecule is Nc1[nH]ncc1-c1nc(COCC(F)(F)C(F)F)no1. The van der Waals surface area contributed by atoms with E-state index in [4.69, 9.17) is 10.3 Å². The Morgan fingerprint density at radius 1 is 1.45 bits per heavy atom. The molecule has 0 amide bonds. The fourth-order valence-electron chi connectivity index (χ4n) is 1.23. The summed E-state index contributed by atoms with van der Waals surface area (Å²) in [6.45, 7) is -1.94. The van der Waals surface area contributed by atoms with Crippen LogP contribution >= 0.6 is 0 Å². The number of hydrogen-bond acceptors (Lipinski definition) is 6. The lowest BCUT2D eigenvalue weighted by Gasteiger charge is -2.14. The Hall–Kier alpha value is -2.17. The highest BCUT2D eigenvalue weighted by Gasteiger charge is 2.41. The molecule has 2 aromatic heterocycles. The Balaban J connectivity index is 1.93. The van der Waals surface area contributed by atoms with Crippen molar-refractivity contribution >= 4 is 5.82 Å². The number of nitrogens with one attached hydrogen (secondary N) is 1. The summed E-state index contributed by atoms with van der Waals surface area (Å²) in [5, 5.41) is 9.50. The zero-order valence-electron chi connectivity index (χ0n) is 9.82. The summed E-state index contributed by atoms with van der Waals surface area (Å²) < 4.78 is 58.1. The number of H-pyrrole nitrogens is 1. The molecule has 0 saturated carbocycles. The third-order valence-corrected chi connectivity index (χ3v) is 2.21. The number of aromatic nitrogens is 4. The normalized spacial score (nSPS) is 12.2. The van der Waals surface area contributed by atoms with Gasteiger partial charge in [0.15, 0.2) is 5.82 Å². The molecule has 110 valence electrons. The molecule has 0 radical (unpaired) electrons. The van der Waals surface area contributed by atoms with E-state index in [0.717, 1.165) is 0 Å². The maximum Gasteiger partial charge on any atom is 0.330 e. The second kappa shape index (κ2) is 5.45. The molecule has 2 rings (SSSR count). The quantitative estimate of drug-likeness (QED) is 0.782. The van der Waals surface area contributed by atoms with Crippen molar-refractivity contribution in [2.75, 3.05) is 12.3 Å². The van der Waals surface area contributed by atoms with E-state index in [1.807, 2.05) is 0 Å². The van der Waals surface area contributed by atoms with Crippen LogP contribution in [-0.4, -0.2) is 39.3 Å². The molecule has 0 saturated heterocycles. The molecular weight excluding hydrogens is 286 g/mol. The van der Waals surface area contributed by atoms with Crippen molar-refractivity contribution in [3.8, 4) is 11.5 Å². The molecule has 0 aromatic carbocycles. The Kier molecular flexibility index (Phi) is 3.88. The van der Waals surface area contributed by atoms with Crippen LogP contribution in [0.3, 0.4) is 0 Å². The van der Waals surface area contributed by atoms with Crippen LogP contribution in [0.15, 0.2) is 10.7 Å². The molecule has 0 aliphatic rings. The molecule has 20 heavy (non-hydrogen) atoms. The topological polar surface area (TPSA) is 103 Å². The fourth-order valence-corrected chi connectivity index (χ4v) is 1.23. The minimum atomic E-state index is -4.22. The molecule has 0 aliphatic heterocycles. The van der Waals surface area contributed by atoms with Crippen molar-refractivity contribution < 1.29 is 26.8 Å².